The van der Waals surface area contributed by atoms with Crippen molar-refractivity contribution in [3.05, 3.63) is 16.6 Å². The molecule has 1 heterocycles. The van der Waals surface area contributed by atoms with E-state index >= 15 is 0 Å². The SMILES string of the molecule is CCC1(O)CN(S(=O)(=O)c2cc(OC)c(OC)cc2Br)C1. The maximum absolute atomic E-state index is 12.6. The van der Waals surface area contributed by atoms with Crippen LogP contribution >= 0.6 is 15.9 Å². The normalized spacial score (nSPS) is 18.1. The molecule has 1 saturated heterocycles. The minimum absolute atomic E-state index is 0.0957. The Hall–Kier alpha value is -0.830. The predicted molar refractivity (Wildman–Crippen MR) is 81.2 cm³/mol. The molecule has 1 aliphatic heterocycles. The number of nitrogens with zero attached hydrogens (tertiary/aromatic N) is 1. The molecule has 1 aliphatic rings. The molecule has 2 rings (SSSR count). The van der Waals surface area contributed by atoms with Gasteiger partial charge in [-0.2, -0.15) is 4.31 Å². The maximum atomic E-state index is 12.6. The first kappa shape index (κ1) is 16.5. The monoisotopic (exact) mass is 379 g/mol. The molecule has 1 fully saturated rings. The van der Waals surface area contributed by atoms with Crippen LogP contribution in [0.3, 0.4) is 0 Å². The lowest BCUT2D eigenvalue weighted by Gasteiger charge is -2.44. The van der Waals surface area contributed by atoms with Crippen LogP contribution in [0.4, 0.5) is 0 Å². The summed E-state index contributed by atoms with van der Waals surface area (Å²) < 4.78 is 37.1. The van der Waals surface area contributed by atoms with Crippen molar-refractivity contribution >= 4 is 26.0 Å². The summed E-state index contributed by atoms with van der Waals surface area (Å²) in [5, 5.41) is 9.99. The van der Waals surface area contributed by atoms with Crippen LogP contribution in [0.5, 0.6) is 11.5 Å². The number of methoxy groups -OCH3 is 2. The summed E-state index contributed by atoms with van der Waals surface area (Å²) in [4.78, 5) is 0.0957. The third-order valence-corrected chi connectivity index (χ3v) is 6.41. The minimum atomic E-state index is -3.68. The van der Waals surface area contributed by atoms with Crippen molar-refractivity contribution in [2.24, 2.45) is 0 Å². The molecule has 0 spiro atoms. The Morgan fingerprint density at radius 2 is 1.81 bits per heavy atom. The standard InChI is InChI=1S/C13H18BrNO5S/c1-4-13(16)7-15(8-13)21(17,18)12-6-11(20-3)10(19-2)5-9(12)14/h5-6,16H,4,7-8H2,1-3H3. The van der Waals surface area contributed by atoms with Gasteiger partial charge in [0, 0.05) is 23.6 Å². The van der Waals surface area contributed by atoms with E-state index in [0.29, 0.717) is 22.4 Å². The van der Waals surface area contributed by atoms with Gasteiger partial charge in [0.25, 0.3) is 0 Å². The lowest BCUT2D eigenvalue weighted by atomic mass is 9.94. The van der Waals surface area contributed by atoms with Gasteiger partial charge in [-0.3, -0.25) is 0 Å². The quantitative estimate of drug-likeness (QED) is 0.840. The Morgan fingerprint density at radius 1 is 1.29 bits per heavy atom. The first-order valence-corrected chi connectivity index (χ1v) is 8.65. The van der Waals surface area contributed by atoms with Crippen molar-refractivity contribution in [2.75, 3.05) is 27.3 Å². The zero-order valence-corrected chi connectivity index (χ0v) is 14.5. The minimum Gasteiger partial charge on any atom is -0.493 e. The fraction of sp³-hybridized carbons (Fsp3) is 0.538. The van der Waals surface area contributed by atoms with Crippen LogP contribution in [0, 0.1) is 0 Å². The average Bonchev–Trinajstić information content (AvgIpc) is 2.43. The molecule has 1 aromatic carbocycles. The highest BCUT2D eigenvalue weighted by Gasteiger charge is 2.46. The molecule has 1 N–H and O–H groups in total. The summed E-state index contributed by atoms with van der Waals surface area (Å²) in [6, 6.07) is 2.97. The van der Waals surface area contributed by atoms with Crippen molar-refractivity contribution in [1.82, 2.24) is 4.31 Å². The first-order valence-electron chi connectivity index (χ1n) is 6.41. The molecular weight excluding hydrogens is 362 g/mol. The van der Waals surface area contributed by atoms with E-state index in [1.165, 1.54) is 24.6 Å². The number of halogens is 1. The van der Waals surface area contributed by atoms with Gasteiger partial charge in [-0.05, 0) is 28.4 Å². The fourth-order valence-electron chi connectivity index (χ4n) is 2.18. The Morgan fingerprint density at radius 3 is 2.29 bits per heavy atom. The second-order valence-corrected chi connectivity index (χ2v) is 7.75. The van der Waals surface area contributed by atoms with Gasteiger partial charge < -0.3 is 14.6 Å². The third-order valence-electron chi connectivity index (χ3n) is 3.66. The molecule has 0 bridgehead atoms. The lowest BCUT2D eigenvalue weighted by Crippen LogP contribution is -2.62. The first-order chi connectivity index (χ1) is 9.77. The molecule has 0 saturated carbocycles. The summed E-state index contributed by atoms with van der Waals surface area (Å²) >= 11 is 3.25. The van der Waals surface area contributed by atoms with Crippen molar-refractivity contribution < 1.29 is 23.0 Å². The molecule has 21 heavy (non-hydrogen) atoms. The zero-order chi connectivity index (χ0) is 15.8. The van der Waals surface area contributed by atoms with Gasteiger partial charge in [-0.15, -0.1) is 0 Å². The van der Waals surface area contributed by atoms with Crippen LogP contribution in [0.2, 0.25) is 0 Å². The maximum Gasteiger partial charge on any atom is 0.244 e. The van der Waals surface area contributed by atoms with E-state index in [2.05, 4.69) is 15.9 Å². The summed E-state index contributed by atoms with van der Waals surface area (Å²) in [6.07, 6.45) is 0.520. The number of sulfonamides is 1. The molecule has 0 unspecified atom stereocenters. The molecule has 0 atom stereocenters. The van der Waals surface area contributed by atoms with Gasteiger partial charge in [-0.25, -0.2) is 8.42 Å². The van der Waals surface area contributed by atoms with Gasteiger partial charge in [0.1, 0.15) is 4.90 Å². The number of ether oxygens (including phenoxy) is 2. The second-order valence-electron chi connectivity index (χ2n) is 4.99. The van der Waals surface area contributed by atoms with Crippen LogP contribution in [-0.4, -0.2) is 50.7 Å². The van der Waals surface area contributed by atoms with Gasteiger partial charge in [0.2, 0.25) is 10.0 Å². The number of rotatable bonds is 5. The molecular formula is C13H18BrNO5S. The molecule has 0 aromatic heterocycles. The van der Waals surface area contributed by atoms with Gasteiger partial charge in [0.05, 0.1) is 19.8 Å². The van der Waals surface area contributed by atoms with E-state index in [4.69, 9.17) is 9.47 Å². The van der Waals surface area contributed by atoms with E-state index in [1.807, 2.05) is 6.92 Å². The van der Waals surface area contributed by atoms with Crippen molar-refractivity contribution in [1.29, 1.82) is 0 Å². The Kier molecular flexibility index (Phi) is 4.53. The predicted octanol–water partition coefficient (Wildman–Crippen LogP) is 1.61. The zero-order valence-electron chi connectivity index (χ0n) is 12.1. The van der Waals surface area contributed by atoms with Crippen LogP contribution in [0.15, 0.2) is 21.5 Å². The topological polar surface area (TPSA) is 76.1 Å². The van der Waals surface area contributed by atoms with E-state index in [-0.39, 0.29) is 18.0 Å². The Labute approximate surface area is 132 Å². The van der Waals surface area contributed by atoms with Crippen LogP contribution < -0.4 is 9.47 Å². The molecule has 118 valence electrons. The van der Waals surface area contributed by atoms with Crippen LogP contribution in [0.25, 0.3) is 0 Å². The number of β-amino-alcohol motifs (C(OH)–C–C–N with tert-alkyl or cyclic N) is 1. The van der Waals surface area contributed by atoms with E-state index in [1.54, 1.807) is 6.07 Å². The van der Waals surface area contributed by atoms with Crippen molar-refractivity contribution in [3.63, 3.8) is 0 Å². The van der Waals surface area contributed by atoms with Gasteiger partial charge in [-0.1, -0.05) is 6.92 Å². The highest BCUT2D eigenvalue weighted by molar-refractivity contribution is 9.10. The Balaban J connectivity index is 2.38. The molecule has 0 amide bonds. The summed E-state index contributed by atoms with van der Waals surface area (Å²) in [7, 11) is -0.753. The van der Waals surface area contributed by atoms with Crippen molar-refractivity contribution in [2.45, 2.75) is 23.8 Å². The summed E-state index contributed by atoms with van der Waals surface area (Å²) in [5.74, 6) is 0.780. The third kappa shape index (κ3) is 2.90. The smallest absolute Gasteiger partial charge is 0.244 e. The largest absolute Gasteiger partial charge is 0.493 e. The highest BCUT2D eigenvalue weighted by atomic mass is 79.9. The molecule has 1 aromatic rings. The fourth-order valence-corrected chi connectivity index (χ4v) is 4.77. The van der Waals surface area contributed by atoms with Gasteiger partial charge in [0.15, 0.2) is 11.5 Å². The van der Waals surface area contributed by atoms with Crippen LogP contribution in [-0.2, 0) is 10.0 Å². The molecule has 6 nitrogen and oxygen atoms in total. The lowest BCUT2D eigenvalue weighted by molar-refractivity contribution is -0.0613. The number of hydrogen-bond donors (Lipinski definition) is 1. The second kappa shape index (κ2) is 5.75. The van der Waals surface area contributed by atoms with Crippen LogP contribution in [0.1, 0.15) is 13.3 Å². The van der Waals surface area contributed by atoms with E-state index < -0.39 is 15.6 Å². The summed E-state index contributed by atoms with van der Waals surface area (Å²) in [6.45, 7) is 2.04. The number of benzene rings is 1. The highest BCUT2D eigenvalue weighted by Crippen LogP contribution is 2.39. The number of hydrogen-bond acceptors (Lipinski definition) is 5. The molecule has 0 radical (unpaired) electrons. The molecule has 0 aliphatic carbocycles. The summed E-state index contributed by atoms with van der Waals surface area (Å²) in [5.41, 5.74) is -0.921. The van der Waals surface area contributed by atoms with E-state index in [9.17, 15) is 13.5 Å². The average molecular weight is 380 g/mol. The number of aliphatic hydroxyl groups is 1. The van der Waals surface area contributed by atoms with Crippen molar-refractivity contribution in [3.8, 4) is 11.5 Å². The molecule has 8 heteroatoms. The van der Waals surface area contributed by atoms with E-state index in [0.717, 1.165) is 0 Å². The Bertz CT molecular complexity index is 640. The van der Waals surface area contributed by atoms with Gasteiger partial charge >= 0.3 is 0 Å².